The largest absolute Gasteiger partial charge is 0.494 e. The quantitative estimate of drug-likeness (QED) is 0.167. The van der Waals surface area contributed by atoms with Gasteiger partial charge in [-0.1, -0.05) is 51.1 Å². The minimum Gasteiger partial charge on any atom is -0.494 e. The molecule has 43 heavy (non-hydrogen) atoms. The maximum Gasteiger partial charge on any atom is 0.306 e. The van der Waals surface area contributed by atoms with E-state index in [1.807, 2.05) is 26.8 Å². The van der Waals surface area contributed by atoms with Gasteiger partial charge in [0.05, 0.1) is 20.1 Å². The van der Waals surface area contributed by atoms with E-state index in [0.29, 0.717) is 26.0 Å². The summed E-state index contributed by atoms with van der Waals surface area (Å²) in [6, 6.07) is 19.4. The number of aryl methyl sites for hydroxylation is 1. The Morgan fingerprint density at radius 2 is 1.79 bits per heavy atom. The van der Waals surface area contributed by atoms with Crippen molar-refractivity contribution >= 4 is 17.6 Å². The Bertz CT molecular complexity index is 1430. The number of hydrogen-bond acceptors (Lipinski definition) is 5. The van der Waals surface area contributed by atoms with Gasteiger partial charge in [0, 0.05) is 31.1 Å². The topological polar surface area (TPSA) is 76.7 Å². The number of benzene rings is 3. The van der Waals surface area contributed by atoms with Gasteiger partial charge in [-0.25, -0.2) is 0 Å². The molecule has 2 aliphatic rings. The molecule has 0 radical (unpaired) electrons. The molecule has 0 aliphatic heterocycles. The van der Waals surface area contributed by atoms with Crippen molar-refractivity contribution in [2.45, 2.75) is 85.6 Å². The van der Waals surface area contributed by atoms with Crippen molar-refractivity contribution < 1.29 is 19.1 Å². The van der Waals surface area contributed by atoms with E-state index < -0.39 is 0 Å². The van der Waals surface area contributed by atoms with Gasteiger partial charge in [-0.05, 0) is 108 Å². The molecule has 2 aliphatic carbocycles. The summed E-state index contributed by atoms with van der Waals surface area (Å²) in [7, 11) is 1.48. The molecule has 3 aromatic carbocycles. The van der Waals surface area contributed by atoms with Crippen LogP contribution in [0, 0.1) is 19.3 Å². The second-order valence-corrected chi connectivity index (χ2v) is 11.6. The molecule has 1 spiro atoms. The fraction of sp³-hybridized carbons (Fsp3) is 0.459. The lowest BCUT2D eigenvalue weighted by Gasteiger charge is -2.18. The van der Waals surface area contributed by atoms with Crippen LogP contribution in [0.4, 0.5) is 5.69 Å². The van der Waals surface area contributed by atoms with Crippen molar-refractivity contribution in [1.82, 2.24) is 5.32 Å². The van der Waals surface area contributed by atoms with Crippen LogP contribution in [0.15, 0.2) is 54.6 Å². The number of ether oxygens (including phenoxy) is 2. The highest BCUT2D eigenvalue weighted by Gasteiger charge is 2.54. The molecule has 0 aromatic heterocycles. The van der Waals surface area contributed by atoms with E-state index in [0.717, 1.165) is 30.8 Å². The molecule has 3 aromatic rings. The van der Waals surface area contributed by atoms with Gasteiger partial charge in [-0.2, -0.15) is 0 Å². The molecule has 1 atom stereocenters. The van der Waals surface area contributed by atoms with Gasteiger partial charge in [-0.3, -0.25) is 9.59 Å². The number of esters is 1. The van der Waals surface area contributed by atoms with Crippen molar-refractivity contribution in [1.29, 1.82) is 0 Å². The van der Waals surface area contributed by atoms with Crippen molar-refractivity contribution in [3.63, 3.8) is 0 Å². The highest BCUT2D eigenvalue weighted by atomic mass is 16.5. The number of fused-ring (bicyclic) bond motifs is 1. The molecule has 1 unspecified atom stereocenters. The predicted molar refractivity (Wildman–Crippen MR) is 175 cm³/mol. The zero-order valence-corrected chi connectivity index (χ0v) is 26.8. The first-order chi connectivity index (χ1) is 20.8. The number of carbonyl (C=O) groups excluding carboxylic acids is 2. The van der Waals surface area contributed by atoms with E-state index in [9.17, 15) is 9.59 Å². The highest BCUT2D eigenvalue weighted by molar-refractivity contribution is 5.75. The second kappa shape index (κ2) is 14.6. The fourth-order valence-electron chi connectivity index (χ4n) is 6.31. The Kier molecular flexibility index (Phi) is 10.9. The summed E-state index contributed by atoms with van der Waals surface area (Å²) < 4.78 is 10.9. The van der Waals surface area contributed by atoms with Gasteiger partial charge in [0.25, 0.3) is 0 Å². The number of amides is 1. The van der Waals surface area contributed by atoms with Gasteiger partial charge in [0.1, 0.15) is 5.75 Å². The molecular weight excluding hydrogens is 536 g/mol. The van der Waals surface area contributed by atoms with E-state index in [4.69, 9.17) is 9.47 Å². The third-order valence-corrected chi connectivity index (χ3v) is 8.94. The van der Waals surface area contributed by atoms with Crippen LogP contribution in [0.5, 0.6) is 5.75 Å². The van der Waals surface area contributed by atoms with Gasteiger partial charge in [0.15, 0.2) is 0 Å². The smallest absolute Gasteiger partial charge is 0.306 e. The standard InChI is InChI=1S/C35H42N2O4.C2H6/c1-5-33(38)36-16-7-17-41-28-11-13-29(23(2)18-28)30-9-6-8-25(24(30)3)22-37-27-10-12-31-26(19-27)21-35(14-15-35)32(31)20-34(39)40-4;1-2/h6,8-13,18-19,32,37H,5,7,14-17,20-22H2,1-4H3,(H,36,38);1-2H3. The van der Waals surface area contributed by atoms with E-state index in [-0.39, 0.29) is 23.2 Å². The van der Waals surface area contributed by atoms with Crippen LogP contribution >= 0.6 is 0 Å². The highest BCUT2D eigenvalue weighted by Crippen LogP contribution is 2.64. The summed E-state index contributed by atoms with van der Waals surface area (Å²) in [5.41, 5.74) is 10.2. The lowest BCUT2D eigenvalue weighted by molar-refractivity contribution is -0.141. The first-order valence-corrected chi connectivity index (χ1v) is 15.9. The average molecular weight is 585 g/mol. The molecule has 0 bridgehead atoms. The third kappa shape index (κ3) is 7.59. The summed E-state index contributed by atoms with van der Waals surface area (Å²) in [5.74, 6) is 1.09. The van der Waals surface area contributed by atoms with E-state index in [2.05, 4.69) is 73.0 Å². The number of rotatable bonds is 12. The molecule has 0 heterocycles. The molecule has 1 amide bonds. The SMILES string of the molecule is CC.CCC(=O)NCCCOc1ccc(-c2cccc(CNc3ccc4c(c3)CC3(CC3)C4CC(=O)OC)c2C)c(C)c1. The van der Waals surface area contributed by atoms with Gasteiger partial charge in [0.2, 0.25) is 5.91 Å². The number of anilines is 1. The van der Waals surface area contributed by atoms with Crippen molar-refractivity contribution in [3.8, 4) is 16.9 Å². The van der Waals surface area contributed by atoms with E-state index in [1.165, 1.54) is 58.9 Å². The Hall–Kier alpha value is -3.80. The summed E-state index contributed by atoms with van der Waals surface area (Å²) >= 11 is 0. The average Bonchev–Trinajstić information content (AvgIpc) is 3.74. The summed E-state index contributed by atoms with van der Waals surface area (Å²) in [5, 5.41) is 6.53. The van der Waals surface area contributed by atoms with Crippen LogP contribution in [0.1, 0.15) is 86.6 Å². The molecular formula is C37H48N2O4. The maximum atomic E-state index is 12.1. The maximum absolute atomic E-state index is 12.1. The van der Waals surface area contributed by atoms with E-state index in [1.54, 1.807) is 0 Å². The van der Waals surface area contributed by atoms with Crippen molar-refractivity contribution in [2.24, 2.45) is 5.41 Å². The van der Waals surface area contributed by atoms with Gasteiger partial charge >= 0.3 is 5.97 Å². The normalized spacial score (nSPS) is 15.6. The zero-order chi connectivity index (χ0) is 31.0. The lowest BCUT2D eigenvalue weighted by Crippen LogP contribution is -2.24. The first-order valence-electron chi connectivity index (χ1n) is 15.9. The molecule has 6 nitrogen and oxygen atoms in total. The molecule has 1 fully saturated rings. The number of carbonyl (C=O) groups is 2. The van der Waals surface area contributed by atoms with Crippen molar-refractivity contribution in [3.05, 3.63) is 82.4 Å². The number of methoxy groups -OCH3 is 1. The molecule has 1 saturated carbocycles. The third-order valence-electron chi connectivity index (χ3n) is 8.94. The van der Waals surface area contributed by atoms with Crippen LogP contribution in [-0.2, 0) is 27.3 Å². The lowest BCUT2D eigenvalue weighted by atomic mass is 9.87. The number of hydrogen-bond donors (Lipinski definition) is 2. The summed E-state index contributed by atoms with van der Waals surface area (Å²) in [6.07, 6.45) is 5.22. The van der Waals surface area contributed by atoms with Crippen LogP contribution in [0.25, 0.3) is 11.1 Å². The van der Waals surface area contributed by atoms with Crippen LogP contribution in [0.3, 0.4) is 0 Å². The Balaban J connectivity index is 0.00000207. The Morgan fingerprint density at radius 1 is 1.00 bits per heavy atom. The summed E-state index contributed by atoms with van der Waals surface area (Å²) in [4.78, 5) is 23.4. The Morgan fingerprint density at radius 3 is 2.49 bits per heavy atom. The first kappa shape index (κ1) is 32.1. The molecule has 2 N–H and O–H groups in total. The van der Waals surface area contributed by atoms with Crippen LogP contribution < -0.4 is 15.4 Å². The monoisotopic (exact) mass is 584 g/mol. The van der Waals surface area contributed by atoms with Crippen LogP contribution in [0.2, 0.25) is 0 Å². The van der Waals surface area contributed by atoms with Crippen LogP contribution in [-0.4, -0.2) is 32.1 Å². The molecule has 230 valence electrons. The minimum absolute atomic E-state index is 0.0716. The fourth-order valence-corrected chi connectivity index (χ4v) is 6.31. The minimum atomic E-state index is -0.113. The van der Waals surface area contributed by atoms with Crippen molar-refractivity contribution in [2.75, 3.05) is 25.6 Å². The number of nitrogens with one attached hydrogen (secondary N) is 2. The summed E-state index contributed by atoms with van der Waals surface area (Å²) in [6.45, 7) is 12.1. The molecule has 6 heteroatoms. The molecule has 0 saturated heterocycles. The molecule has 5 rings (SSSR count). The second-order valence-electron chi connectivity index (χ2n) is 11.6. The van der Waals surface area contributed by atoms with Gasteiger partial charge < -0.3 is 20.1 Å². The predicted octanol–water partition coefficient (Wildman–Crippen LogP) is 7.89. The van der Waals surface area contributed by atoms with E-state index >= 15 is 0 Å². The Labute approximate surface area is 257 Å². The zero-order valence-electron chi connectivity index (χ0n) is 26.8. The van der Waals surface area contributed by atoms with Gasteiger partial charge in [-0.15, -0.1) is 0 Å².